The predicted octanol–water partition coefficient (Wildman–Crippen LogP) is 1.73. The van der Waals surface area contributed by atoms with Crippen LogP contribution < -0.4 is 0 Å². The number of carbonyl (C=O) groups excluding carboxylic acids is 1. The van der Waals surface area contributed by atoms with Gasteiger partial charge in [-0.1, -0.05) is 13.8 Å². The molecule has 0 saturated carbocycles. The van der Waals surface area contributed by atoms with Gasteiger partial charge in [-0.25, -0.2) is 0 Å². The molecule has 1 N–H and O–H groups in total. The van der Waals surface area contributed by atoms with Gasteiger partial charge in [-0.15, -0.1) is 0 Å². The Labute approximate surface area is 134 Å². The van der Waals surface area contributed by atoms with Crippen molar-refractivity contribution in [1.82, 2.24) is 19.7 Å². The lowest BCUT2D eigenvalue weighted by Gasteiger charge is -2.35. The Bertz CT molecular complexity index is 465. The zero-order valence-electron chi connectivity index (χ0n) is 14.5. The van der Waals surface area contributed by atoms with Crippen LogP contribution in [-0.2, 0) is 0 Å². The molecular formula is C17H30N4O. The lowest BCUT2D eigenvalue weighted by molar-refractivity contribution is 0.0623. The van der Waals surface area contributed by atoms with Gasteiger partial charge in [0.2, 0.25) is 0 Å². The molecule has 2 heterocycles. The SMILES string of the molecule is CCN(CC)CCN1CCN(C(=O)c2c(C)c[nH]c2C)CC1. The van der Waals surface area contributed by atoms with Gasteiger partial charge in [0.1, 0.15) is 0 Å². The summed E-state index contributed by atoms with van der Waals surface area (Å²) < 4.78 is 0. The Kier molecular flexibility index (Phi) is 6.03. The summed E-state index contributed by atoms with van der Waals surface area (Å²) >= 11 is 0. The maximum Gasteiger partial charge on any atom is 0.256 e. The van der Waals surface area contributed by atoms with Crippen molar-refractivity contribution >= 4 is 5.91 Å². The number of aryl methyl sites for hydroxylation is 2. The average Bonchev–Trinajstić information content (AvgIpc) is 2.87. The molecule has 0 bridgehead atoms. The summed E-state index contributed by atoms with van der Waals surface area (Å²) in [6, 6.07) is 0. The van der Waals surface area contributed by atoms with E-state index in [-0.39, 0.29) is 5.91 Å². The van der Waals surface area contributed by atoms with Gasteiger partial charge in [-0.2, -0.15) is 0 Å². The van der Waals surface area contributed by atoms with Gasteiger partial charge < -0.3 is 14.8 Å². The van der Waals surface area contributed by atoms with Crippen LogP contribution in [-0.4, -0.2) is 77.9 Å². The zero-order valence-corrected chi connectivity index (χ0v) is 14.5. The molecule has 5 heteroatoms. The van der Waals surface area contributed by atoms with Gasteiger partial charge in [0.15, 0.2) is 0 Å². The Morgan fingerprint density at radius 2 is 1.82 bits per heavy atom. The molecule has 1 aromatic rings. The molecule has 0 unspecified atom stereocenters. The van der Waals surface area contributed by atoms with E-state index in [2.05, 4.69) is 28.6 Å². The van der Waals surface area contributed by atoms with Crippen LogP contribution in [0.25, 0.3) is 0 Å². The number of aromatic nitrogens is 1. The van der Waals surface area contributed by atoms with Gasteiger partial charge in [0, 0.05) is 51.2 Å². The fraction of sp³-hybridized carbons (Fsp3) is 0.706. The summed E-state index contributed by atoms with van der Waals surface area (Å²) in [5, 5.41) is 0. The van der Waals surface area contributed by atoms with Crippen LogP contribution in [0.5, 0.6) is 0 Å². The maximum atomic E-state index is 12.6. The smallest absolute Gasteiger partial charge is 0.256 e. The lowest BCUT2D eigenvalue weighted by Crippen LogP contribution is -2.50. The van der Waals surface area contributed by atoms with Crippen molar-refractivity contribution in [2.75, 3.05) is 52.4 Å². The molecule has 0 radical (unpaired) electrons. The first-order chi connectivity index (χ1) is 10.6. The largest absolute Gasteiger partial charge is 0.364 e. The van der Waals surface area contributed by atoms with Gasteiger partial charge in [-0.05, 0) is 32.5 Å². The molecule has 1 fully saturated rings. The molecule has 124 valence electrons. The Morgan fingerprint density at radius 3 is 2.32 bits per heavy atom. The van der Waals surface area contributed by atoms with Crippen LogP contribution in [0.4, 0.5) is 0 Å². The molecular weight excluding hydrogens is 276 g/mol. The second kappa shape index (κ2) is 7.79. The molecule has 1 aromatic heterocycles. The van der Waals surface area contributed by atoms with E-state index in [1.54, 1.807) is 0 Å². The number of nitrogens with one attached hydrogen (secondary N) is 1. The minimum atomic E-state index is 0.180. The monoisotopic (exact) mass is 306 g/mol. The van der Waals surface area contributed by atoms with Crippen molar-refractivity contribution in [2.24, 2.45) is 0 Å². The average molecular weight is 306 g/mol. The molecule has 1 aliphatic rings. The quantitative estimate of drug-likeness (QED) is 0.870. The first-order valence-electron chi connectivity index (χ1n) is 8.45. The van der Waals surface area contributed by atoms with Crippen molar-refractivity contribution in [1.29, 1.82) is 0 Å². The maximum absolute atomic E-state index is 12.6. The van der Waals surface area contributed by atoms with Crippen LogP contribution in [0.15, 0.2) is 6.20 Å². The minimum Gasteiger partial charge on any atom is -0.364 e. The van der Waals surface area contributed by atoms with Crippen LogP contribution in [0.1, 0.15) is 35.5 Å². The normalized spacial score (nSPS) is 16.5. The molecule has 0 aromatic carbocycles. The number of amides is 1. The number of likely N-dealkylation sites (N-methyl/N-ethyl adjacent to an activating group) is 1. The number of hydrogen-bond acceptors (Lipinski definition) is 3. The number of H-pyrrole nitrogens is 1. The van der Waals surface area contributed by atoms with Gasteiger partial charge >= 0.3 is 0 Å². The minimum absolute atomic E-state index is 0.180. The molecule has 0 aliphatic carbocycles. The van der Waals surface area contributed by atoms with Gasteiger partial charge in [0.05, 0.1) is 5.56 Å². The first kappa shape index (κ1) is 17.0. The fourth-order valence-corrected chi connectivity index (χ4v) is 3.14. The van der Waals surface area contributed by atoms with Crippen molar-refractivity contribution in [3.63, 3.8) is 0 Å². The third kappa shape index (κ3) is 3.90. The Hall–Kier alpha value is -1.33. The molecule has 2 rings (SSSR count). The van der Waals surface area contributed by atoms with Crippen molar-refractivity contribution in [2.45, 2.75) is 27.7 Å². The number of aromatic amines is 1. The highest BCUT2D eigenvalue weighted by Crippen LogP contribution is 2.16. The summed E-state index contributed by atoms with van der Waals surface area (Å²) in [4.78, 5) is 22.7. The topological polar surface area (TPSA) is 42.6 Å². The number of rotatable bonds is 6. The van der Waals surface area contributed by atoms with Crippen molar-refractivity contribution in [3.8, 4) is 0 Å². The molecule has 0 spiro atoms. The van der Waals surface area contributed by atoms with Gasteiger partial charge in [-0.3, -0.25) is 9.69 Å². The van der Waals surface area contributed by atoms with Crippen LogP contribution in [0, 0.1) is 13.8 Å². The van der Waals surface area contributed by atoms with Crippen LogP contribution in [0.3, 0.4) is 0 Å². The molecule has 1 amide bonds. The van der Waals surface area contributed by atoms with Gasteiger partial charge in [0.25, 0.3) is 5.91 Å². The second-order valence-corrected chi connectivity index (χ2v) is 6.13. The summed E-state index contributed by atoms with van der Waals surface area (Å²) in [6.45, 7) is 16.5. The summed E-state index contributed by atoms with van der Waals surface area (Å²) in [5.74, 6) is 0.180. The molecule has 5 nitrogen and oxygen atoms in total. The van der Waals surface area contributed by atoms with E-state index in [1.165, 1.54) is 0 Å². The fourth-order valence-electron chi connectivity index (χ4n) is 3.14. The Morgan fingerprint density at radius 1 is 1.18 bits per heavy atom. The van der Waals surface area contributed by atoms with E-state index >= 15 is 0 Å². The standard InChI is InChI=1S/C17H30N4O/c1-5-19(6-2)7-8-20-9-11-21(12-10-20)17(22)16-14(3)13-18-15(16)4/h13,18H,5-12H2,1-4H3. The Balaban J connectivity index is 1.83. The molecule has 1 saturated heterocycles. The van der Waals surface area contributed by atoms with E-state index in [0.717, 1.165) is 69.2 Å². The van der Waals surface area contributed by atoms with E-state index in [9.17, 15) is 4.79 Å². The molecule has 0 atom stereocenters. The third-order valence-corrected chi connectivity index (χ3v) is 4.77. The molecule has 1 aliphatic heterocycles. The number of piperazine rings is 1. The number of carbonyl (C=O) groups is 1. The van der Waals surface area contributed by atoms with Crippen molar-refractivity contribution < 1.29 is 4.79 Å². The summed E-state index contributed by atoms with van der Waals surface area (Å²) in [6.07, 6.45) is 1.92. The second-order valence-electron chi connectivity index (χ2n) is 6.13. The highest BCUT2D eigenvalue weighted by molar-refractivity contribution is 5.96. The van der Waals surface area contributed by atoms with Crippen molar-refractivity contribution in [3.05, 3.63) is 23.0 Å². The zero-order chi connectivity index (χ0) is 16.1. The van der Waals surface area contributed by atoms with E-state index < -0.39 is 0 Å². The number of nitrogens with zero attached hydrogens (tertiary/aromatic N) is 3. The highest BCUT2D eigenvalue weighted by atomic mass is 16.2. The van der Waals surface area contributed by atoms with E-state index in [0.29, 0.717) is 0 Å². The van der Waals surface area contributed by atoms with E-state index in [1.807, 2.05) is 24.9 Å². The summed E-state index contributed by atoms with van der Waals surface area (Å²) in [5.41, 5.74) is 2.88. The third-order valence-electron chi connectivity index (χ3n) is 4.77. The van der Waals surface area contributed by atoms with Crippen LogP contribution >= 0.6 is 0 Å². The first-order valence-corrected chi connectivity index (χ1v) is 8.45. The predicted molar refractivity (Wildman–Crippen MR) is 90.4 cm³/mol. The highest BCUT2D eigenvalue weighted by Gasteiger charge is 2.24. The number of hydrogen-bond donors (Lipinski definition) is 1. The molecule has 22 heavy (non-hydrogen) atoms. The summed E-state index contributed by atoms with van der Waals surface area (Å²) in [7, 11) is 0. The lowest BCUT2D eigenvalue weighted by atomic mass is 10.1. The van der Waals surface area contributed by atoms with Crippen LogP contribution in [0.2, 0.25) is 0 Å². The van der Waals surface area contributed by atoms with E-state index in [4.69, 9.17) is 0 Å².